The Morgan fingerprint density at radius 2 is 2.00 bits per heavy atom. The molecule has 132 valence electrons. The molecule has 1 unspecified atom stereocenters. The van der Waals surface area contributed by atoms with Crippen LogP contribution in [0.4, 0.5) is 5.69 Å². The summed E-state index contributed by atoms with van der Waals surface area (Å²) in [6.45, 7) is 7.54. The van der Waals surface area contributed by atoms with E-state index in [9.17, 15) is 4.79 Å². The first-order chi connectivity index (χ1) is 10.5. The zero-order valence-electron chi connectivity index (χ0n) is 14.2. The summed E-state index contributed by atoms with van der Waals surface area (Å²) < 4.78 is 11.0. The van der Waals surface area contributed by atoms with Crippen molar-refractivity contribution in [1.82, 2.24) is 0 Å². The molecule has 0 spiro atoms. The van der Waals surface area contributed by atoms with Gasteiger partial charge < -0.3 is 20.5 Å². The second kappa shape index (κ2) is 12.3. The van der Waals surface area contributed by atoms with Crippen LogP contribution in [-0.4, -0.2) is 31.3 Å². The normalized spacial score (nSPS) is 11.9. The van der Waals surface area contributed by atoms with Crippen LogP contribution in [-0.2, 0) is 20.9 Å². The lowest BCUT2D eigenvalue weighted by atomic mass is 10.1. The number of carbonyl (C=O) groups is 1. The van der Waals surface area contributed by atoms with Crippen molar-refractivity contribution in [1.29, 1.82) is 0 Å². The van der Waals surface area contributed by atoms with Gasteiger partial charge >= 0.3 is 0 Å². The molecule has 0 aromatic heterocycles. The molecule has 0 bridgehead atoms. The van der Waals surface area contributed by atoms with E-state index in [4.69, 9.17) is 15.2 Å². The van der Waals surface area contributed by atoms with Gasteiger partial charge in [0.25, 0.3) is 0 Å². The lowest BCUT2D eigenvalue weighted by molar-refractivity contribution is -0.116. The molecule has 1 amide bonds. The first-order valence-corrected chi connectivity index (χ1v) is 7.81. The molecule has 0 aliphatic carbocycles. The molecule has 5 nitrogen and oxygen atoms in total. The number of anilines is 1. The first kappa shape index (κ1) is 21.9. The maximum atomic E-state index is 11.8. The highest BCUT2D eigenvalue weighted by molar-refractivity contribution is 5.90. The molecule has 0 heterocycles. The molecule has 3 N–H and O–H groups in total. The summed E-state index contributed by atoms with van der Waals surface area (Å²) in [5.41, 5.74) is 7.46. The highest BCUT2D eigenvalue weighted by Crippen LogP contribution is 2.12. The highest BCUT2D eigenvalue weighted by Gasteiger charge is 2.05. The van der Waals surface area contributed by atoms with E-state index in [0.29, 0.717) is 32.7 Å². The van der Waals surface area contributed by atoms with E-state index in [1.54, 1.807) is 0 Å². The van der Waals surface area contributed by atoms with Crippen molar-refractivity contribution in [2.75, 3.05) is 18.5 Å². The van der Waals surface area contributed by atoms with Crippen LogP contribution in [0.3, 0.4) is 0 Å². The third-order valence-corrected chi connectivity index (χ3v) is 2.99. The number of halogens is 1. The standard InChI is InChI=1S/C17H28N2O3.ClH/c1-13(2)22-10-9-21-12-15-5-4-6-16(11-15)19-17(20)8-7-14(3)18;/h4-6,11,13-14H,7-10,12,18H2,1-3H3,(H,19,20);1H. The van der Waals surface area contributed by atoms with E-state index in [-0.39, 0.29) is 30.5 Å². The number of nitrogens with two attached hydrogens (primary N) is 1. The largest absolute Gasteiger partial charge is 0.376 e. The van der Waals surface area contributed by atoms with Crippen LogP contribution in [0, 0.1) is 0 Å². The predicted molar refractivity (Wildman–Crippen MR) is 95.9 cm³/mol. The van der Waals surface area contributed by atoms with Crippen LogP contribution in [0.5, 0.6) is 0 Å². The van der Waals surface area contributed by atoms with Gasteiger partial charge in [-0.2, -0.15) is 0 Å². The average molecular weight is 345 g/mol. The van der Waals surface area contributed by atoms with Gasteiger partial charge in [-0.3, -0.25) is 4.79 Å². The quantitative estimate of drug-likeness (QED) is 0.639. The summed E-state index contributed by atoms with van der Waals surface area (Å²) in [6.07, 6.45) is 1.34. The SMILES string of the molecule is CC(N)CCC(=O)Nc1cccc(COCCOC(C)C)c1.Cl. The number of rotatable bonds is 10. The molecule has 0 aliphatic rings. The van der Waals surface area contributed by atoms with Crippen LogP contribution in [0.2, 0.25) is 0 Å². The van der Waals surface area contributed by atoms with Crippen LogP contribution >= 0.6 is 12.4 Å². The Morgan fingerprint density at radius 1 is 1.26 bits per heavy atom. The topological polar surface area (TPSA) is 73.6 Å². The fourth-order valence-corrected chi connectivity index (χ4v) is 1.85. The number of benzene rings is 1. The van der Waals surface area contributed by atoms with Gasteiger partial charge in [0.05, 0.1) is 25.9 Å². The van der Waals surface area contributed by atoms with Crippen molar-refractivity contribution in [3.8, 4) is 0 Å². The maximum absolute atomic E-state index is 11.8. The van der Waals surface area contributed by atoms with Gasteiger partial charge in [-0.25, -0.2) is 0 Å². The summed E-state index contributed by atoms with van der Waals surface area (Å²) in [6, 6.07) is 7.71. The molecule has 0 radical (unpaired) electrons. The van der Waals surface area contributed by atoms with Gasteiger partial charge in [-0.1, -0.05) is 12.1 Å². The molecule has 6 heteroatoms. The summed E-state index contributed by atoms with van der Waals surface area (Å²) >= 11 is 0. The van der Waals surface area contributed by atoms with Gasteiger partial charge in [0.2, 0.25) is 5.91 Å². The Bertz CT molecular complexity index is 453. The number of amides is 1. The van der Waals surface area contributed by atoms with E-state index in [0.717, 1.165) is 11.3 Å². The molecule has 0 saturated heterocycles. The summed E-state index contributed by atoms with van der Waals surface area (Å²) in [4.78, 5) is 11.8. The summed E-state index contributed by atoms with van der Waals surface area (Å²) in [7, 11) is 0. The predicted octanol–water partition coefficient (Wildman–Crippen LogP) is 3.12. The fraction of sp³-hybridized carbons (Fsp3) is 0.588. The molecule has 1 atom stereocenters. The number of hydrogen-bond acceptors (Lipinski definition) is 4. The van der Waals surface area contributed by atoms with E-state index < -0.39 is 0 Å². The molecule has 0 aliphatic heterocycles. The van der Waals surface area contributed by atoms with Crippen LogP contribution in [0.1, 0.15) is 39.2 Å². The van der Waals surface area contributed by atoms with Gasteiger partial charge in [-0.15, -0.1) is 12.4 Å². The van der Waals surface area contributed by atoms with Crippen molar-refractivity contribution < 1.29 is 14.3 Å². The second-order valence-corrected chi connectivity index (χ2v) is 5.74. The third kappa shape index (κ3) is 11.1. The van der Waals surface area contributed by atoms with Crippen molar-refractivity contribution in [2.45, 2.75) is 52.4 Å². The molecule has 0 saturated carbocycles. The molecular formula is C17H29ClN2O3. The van der Waals surface area contributed by atoms with E-state index in [1.807, 2.05) is 45.0 Å². The Morgan fingerprint density at radius 3 is 2.65 bits per heavy atom. The van der Waals surface area contributed by atoms with Crippen LogP contribution in [0.15, 0.2) is 24.3 Å². The fourth-order valence-electron chi connectivity index (χ4n) is 1.85. The minimum absolute atomic E-state index is 0. The maximum Gasteiger partial charge on any atom is 0.224 e. The Labute approximate surface area is 145 Å². The number of nitrogens with one attached hydrogen (secondary N) is 1. The lowest BCUT2D eigenvalue weighted by Gasteiger charge is -2.10. The molecule has 1 aromatic rings. The van der Waals surface area contributed by atoms with Crippen molar-refractivity contribution >= 4 is 24.0 Å². The second-order valence-electron chi connectivity index (χ2n) is 5.74. The number of ether oxygens (including phenoxy) is 2. The third-order valence-electron chi connectivity index (χ3n) is 2.99. The minimum Gasteiger partial charge on any atom is -0.376 e. The molecule has 1 rings (SSSR count). The van der Waals surface area contributed by atoms with Crippen LogP contribution in [0.25, 0.3) is 0 Å². The number of carbonyl (C=O) groups excluding carboxylic acids is 1. The van der Waals surface area contributed by atoms with Gasteiger partial charge in [0.1, 0.15) is 0 Å². The first-order valence-electron chi connectivity index (χ1n) is 7.81. The van der Waals surface area contributed by atoms with Crippen molar-refractivity contribution in [2.24, 2.45) is 5.73 Å². The summed E-state index contributed by atoms with van der Waals surface area (Å²) in [5.74, 6) is -0.0132. The Hall–Kier alpha value is -1.14. The van der Waals surface area contributed by atoms with E-state index in [1.165, 1.54) is 0 Å². The Balaban J connectivity index is 0.00000484. The number of hydrogen-bond donors (Lipinski definition) is 2. The molecule has 1 aromatic carbocycles. The van der Waals surface area contributed by atoms with Crippen molar-refractivity contribution in [3.05, 3.63) is 29.8 Å². The summed E-state index contributed by atoms with van der Waals surface area (Å²) in [5, 5.41) is 2.88. The lowest BCUT2D eigenvalue weighted by Crippen LogP contribution is -2.19. The molecule has 0 fully saturated rings. The van der Waals surface area contributed by atoms with Gasteiger partial charge in [0, 0.05) is 18.2 Å². The average Bonchev–Trinajstić information content (AvgIpc) is 2.45. The minimum atomic E-state index is -0.0132. The van der Waals surface area contributed by atoms with Gasteiger partial charge in [0.15, 0.2) is 0 Å². The van der Waals surface area contributed by atoms with E-state index in [2.05, 4.69) is 5.32 Å². The Kier molecular flexibility index (Phi) is 11.7. The molecular weight excluding hydrogens is 316 g/mol. The highest BCUT2D eigenvalue weighted by atomic mass is 35.5. The zero-order valence-corrected chi connectivity index (χ0v) is 15.0. The van der Waals surface area contributed by atoms with E-state index >= 15 is 0 Å². The van der Waals surface area contributed by atoms with Gasteiger partial charge in [-0.05, 0) is 44.9 Å². The molecule has 23 heavy (non-hydrogen) atoms. The van der Waals surface area contributed by atoms with Crippen molar-refractivity contribution in [3.63, 3.8) is 0 Å². The smallest absolute Gasteiger partial charge is 0.224 e. The van der Waals surface area contributed by atoms with Crippen LogP contribution < -0.4 is 11.1 Å². The monoisotopic (exact) mass is 344 g/mol. The zero-order chi connectivity index (χ0) is 16.4.